The number of aryl methyl sites for hydroxylation is 1. The molecule has 2 rings (SSSR count). The summed E-state index contributed by atoms with van der Waals surface area (Å²) in [5, 5.41) is 0.694. The van der Waals surface area contributed by atoms with Gasteiger partial charge in [-0.05, 0) is 62.2 Å². The quantitative estimate of drug-likeness (QED) is 0.514. The van der Waals surface area contributed by atoms with Crippen molar-refractivity contribution in [3.8, 4) is 0 Å². The van der Waals surface area contributed by atoms with E-state index in [1.165, 1.54) is 6.07 Å². The van der Waals surface area contributed by atoms with Gasteiger partial charge in [-0.15, -0.1) is 0 Å². The van der Waals surface area contributed by atoms with E-state index in [0.717, 1.165) is 29.4 Å². The molecule has 0 amide bonds. The Balaban J connectivity index is 2.36. The molecule has 0 N–H and O–H groups in total. The lowest BCUT2D eigenvalue weighted by molar-refractivity contribution is -0.138. The Kier molecular flexibility index (Phi) is 5.87. The van der Waals surface area contributed by atoms with E-state index in [4.69, 9.17) is 11.6 Å². The average Bonchev–Trinajstić information content (AvgIpc) is 2.50. The Morgan fingerprint density at radius 1 is 1.17 bits per heavy atom. The first kappa shape index (κ1) is 19.1. The van der Waals surface area contributed by atoms with Gasteiger partial charge in [-0.25, -0.2) is 0 Å². The fourth-order valence-corrected chi connectivity index (χ4v) is 3.43. The molecular formula is C18H18BrClF3N. The number of rotatable bonds is 4. The second kappa shape index (κ2) is 7.36. The highest BCUT2D eigenvalue weighted by atomic mass is 79.9. The largest absolute Gasteiger partial charge is 0.417 e. The molecule has 6 heteroatoms. The number of halogens is 5. The van der Waals surface area contributed by atoms with E-state index in [1.807, 2.05) is 39.0 Å². The topological polar surface area (TPSA) is 3.24 Å². The molecule has 0 aliphatic heterocycles. The Bertz CT molecular complexity index is 731. The van der Waals surface area contributed by atoms with Crippen molar-refractivity contribution in [3.05, 3.63) is 62.6 Å². The number of benzene rings is 2. The second-order valence-corrected chi connectivity index (χ2v) is 6.89. The van der Waals surface area contributed by atoms with Crippen molar-refractivity contribution in [2.75, 3.05) is 11.4 Å². The highest BCUT2D eigenvalue weighted by Gasteiger charge is 2.33. The standard InChI is InChI=1S/C18H18BrClF3N/c1-4-24(14-6-8-17(20)11(2)9-14)12(3)13-5-7-15(16(19)10-13)18(21,22)23/h5-10,12H,4H2,1-3H3. The zero-order chi connectivity index (χ0) is 18.1. The van der Waals surface area contributed by atoms with Gasteiger partial charge < -0.3 is 4.90 Å². The van der Waals surface area contributed by atoms with Crippen LogP contribution < -0.4 is 4.90 Å². The van der Waals surface area contributed by atoms with E-state index in [2.05, 4.69) is 20.8 Å². The normalized spacial score (nSPS) is 13.0. The molecule has 2 aromatic carbocycles. The maximum Gasteiger partial charge on any atom is 0.417 e. The van der Waals surface area contributed by atoms with Crippen LogP contribution in [0.1, 0.15) is 36.6 Å². The Morgan fingerprint density at radius 3 is 2.33 bits per heavy atom. The van der Waals surface area contributed by atoms with E-state index in [-0.39, 0.29) is 10.5 Å². The molecule has 0 saturated carbocycles. The molecule has 0 radical (unpaired) electrons. The van der Waals surface area contributed by atoms with Crippen LogP contribution in [-0.2, 0) is 6.18 Å². The molecule has 1 atom stereocenters. The third kappa shape index (κ3) is 4.06. The molecule has 2 aromatic rings. The predicted molar refractivity (Wildman–Crippen MR) is 96.8 cm³/mol. The van der Waals surface area contributed by atoms with E-state index >= 15 is 0 Å². The third-order valence-corrected chi connectivity index (χ3v) is 5.14. The molecule has 0 aliphatic rings. The van der Waals surface area contributed by atoms with Crippen LogP contribution in [0.3, 0.4) is 0 Å². The van der Waals surface area contributed by atoms with Crippen LogP contribution in [0.5, 0.6) is 0 Å². The van der Waals surface area contributed by atoms with Gasteiger partial charge >= 0.3 is 6.18 Å². The van der Waals surface area contributed by atoms with Crippen LogP contribution in [0.15, 0.2) is 40.9 Å². The summed E-state index contributed by atoms with van der Waals surface area (Å²) in [7, 11) is 0. The van der Waals surface area contributed by atoms with Crippen LogP contribution in [0.2, 0.25) is 5.02 Å². The summed E-state index contributed by atoms with van der Waals surface area (Å²) in [5.74, 6) is 0. The highest BCUT2D eigenvalue weighted by Crippen LogP contribution is 2.37. The summed E-state index contributed by atoms with van der Waals surface area (Å²) in [5.41, 5.74) is 2.10. The SMILES string of the molecule is CCN(c1ccc(Cl)c(C)c1)C(C)c1ccc(C(F)(F)F)c(Br)c1. The predicted octanol–water partition coefficient (Wildman–Crippen LogP) is 7.02. The first-order chi connectivity index (χ1) is 11.1. The molecule has 0 saturated heterocycles. The number of alkyl halides is 3. The molecule has 0 bridgehead atoms. The lowest BCUT2D eigenvalue weighted by atomic mass is 10.0. The zero-order valence-corrected chi connectivity index (χ0v) is 15.9. The minimum Gasteiger partial charge on any atom is -0.365 e. The minimum atomic E-state index is -4.36. The number of nitrogens with zero attached hydrogens (tertiary/aromatic N) is 1. The average molecular weight is 421 g/mol. The van der Waals surface area contributed by atoms with Gasteiger partial charge in [-0.2, -0.15) is 13.2 Å². The van der Waals surface area contributed by atoms with Crippen molar-refractivity contribution in [1.82, 2.24) is 0 Å². The molecule has 1 unspecified atom stereocenters. The monoisotopic (exact) mass is 419 g/mol. The van der Waals surface area contributed by atoms with Gasteiger partial charge in [0, 0.05) is 21.7 Å². The van der Waals surface area contributed by atoms with Crippen molar-refractivity contribution < 1.29 is 13.2 Å². The highest BCUT2D eigenvalue weighted by molar-refractivity contribution is 9.10. The van der Waals surface area contributed by atoms with Crippen molar-refractivity contribution in [2.45, 2.75) is 33.0 Å². The lowest BCUT2D eigenvalue weighted by Gasteiger charge is -2.31. The molecule has 0 spiro atoms. The van der Waals surface area contributed by atoms with Crippen LogP contribution in [-0.4, -0.2) is 6.54 Å². The van der Waals surface area contributed by atoms with Gasteiger partial charge in [-0.3, -0.25) is 0 Å². The van der Waals surface area contributed by atoms with Gasteiger partial charge in [0.05, 0.1) is 11.6 Å². The first-order valence-corrected chi connectivity index (χ1v) is 8.71. The smallest absolute Gasteiger partial charge is 0.365 e. The third-order valence-electron chi connectivity index (χ3n) is 4.06. The second-order valence-electron chi connectivity index (χ2n) is 5.63. The minimum absolute atomic E-state index is 0.0580. The van der Waals surface area contributed by atoms with Crippen molar-refractivity contribution >= 4 is 33.2 Å². The molecule has 0 fully saturated rings. The Morgan fingerprint density at radius 2 is 1.83 bits per heavy atom. The molecule has 0 heterocycles. The van der Waals surface area contributed by atoms with Crippen molar-refractivity contribution in [3.63, 3.8) is 0 Å². The molecule has 0 aromatic heterocycles. The van der Waals surface area contributed by atoms with Crippen LogP contribution in [0, 0.1) is 6.92 Å². The van der Waals surface area contributed by atoms with Gasteiger partial charge in [0.1, 0.15) is 0 Å². The van der Waals surface area contributed by atoms with Gasteiger partial charge in [-0.1, -0.05) is 33.6 Å². The summed E-state index contributed by atoms with van der Waals surface area (Å²) >= 11 is 9.12. The molecule has 1 nitrogen and oxygen atoms in total. The Labute approximate surface area is 153 Å². The molecular weight excluding hydrogens is 403 g/mol. The molecule has 130 valence electrons. The summed E-state index contributed by atoms with van der Waals surface area (Å²) in [6.45, 7) is 6.64. The Hall–Kier alpha value is -1.20. The lowest BCUT2D eigenvalue weighted by Crippen LogP contribution is -2.26. The van der Waals surface area contributed by atoms with Crippen LogP contribution >= 0.6 is 27.5 Å². The molecule has 0 aliphatic carbocycles. The van der Waals surface area contributed by atoms with Gasteiger partial charge in [0.15, 0.2) is 0 Å². The van der Waals surface area contributed by atoms with Crippen LogP contribution in [0.4, 0.5) is 18.9 Å². The first-order valence-electron chi connectivity index (χ1n) is 7.54. The fraction of sp³-hybridized carbons (Fsp3) is 0.333. The maximum atomic E-state index is 12.9. The maximum absolute atomic E-state index is 12.9. The van der Waals surface area contributed by atoms with E-state index in [0.29, 0.717) is 5.02 Å². The van der Waals surface area contributed by atoms with E-state index < -0.39 is 11.7 Å². The fourth-order valence-electron chi connectivity index (χ4n) is 2.69. The number of hydrogen-bond donors (Lipinski definition) is 0. The van der Waals surface area contributed by atoms with Crippen LogP contribution in [0.25, 0.3) is 0 Å². The van der Waals surface area contributed by atoms with Gasteiger partial charge in [0.2, 0.25) is 0 Å². The van der Waals surface area contributed by atoms with Crippen molar-refractivity contribution in [2.24, 2.45) is 0 Å². The summed E-state index contributed by atoms with van der Waals surface area (Å²) in [6.07, 6.45) is -4.36. The summed E-state index contributed by atoms with van der Waals surface area (Å²) in [6, 6.07) is 9.87. The number of hydrogen-bond acceptors (Lipinski definition) is 1. The van der Waals surface area contributed by atoms with E-state index in [9.17, 15) is 13.2 Å². The van der Waals surface area contributed by atoms with Crippen molar-refractivity contribution in [1.29, 1.82) is 0 Å². The van der Waals surface area contributed by atoms with Gasteiger partial charge in [0.25, 0.3) is 0 Å². The number of anilines is 1. The molecule has 24 heavy (non-hydrogen) atoms. The zero-order valence-electron chi connectivity index (χ0n) is 13.6. The van der Waals surface area contributed by atoms with E-state index in [1.54, 1.807) is 6.07 Å². The summed E-state index contributed by atoms with van der Waals surface area (Å²) < 4.78 is 38.8. The summed E-state index contributed by atoms with van der Waals surface area (Å²) in [4.78, 5) is 2.12.